The van der Waals surface area contributed by atoms with Crippen molar-refractivity contribution in [2.45, 2.75) is 32.4 Å². The lowest BCUT2D eigenvalue weighted by Gasteiger charge is -2.38. The maximum atomic E-state index is 12.3. The van der Waals surface area contributed by atoms with Crippen molar-refractivity contribution in [3.63, 3.8) is 0 Å². The second-order valence-electron chi connectivity index (χ2n) is 5.62. The first-order valence-corrected chi connectivity index (χ1v) is 7.80. The molecule has 7 nitrogen and oxygen atoms in total. The molecule has 120 valence electrons. The van der Waals surface area contributed by atoms with Crippen LogP contribution in [0.3, 0.4) is 0 Å². The molecule has 2 saturated heterocycles. The van der Waals surface area contributed by atoms with E-state index >= 15 is 0 Å². The van der Waals surface area contributed by atoms with Crippen LogP contribution in [0.25, 0.3) is 0 Å². The van der Waals surface area contributed by atoms with E-state index in [-0.39, 0.29) is 18.0 Å². The number of carbonyl (C=O) groups is 2. The molecular formula is C14H26N4O3. The first-order valence-electron chi connectivity index (χ1n) is 7.80. The van der Waals surface area contributed by atoms with Gasteiger partial charge in [0.1, 0.15) is 0 Å². The van der Waals surface area contributed by atoms with Gasteiger partial charge in [0, 0.05) is 45.8 Å². The van der Waals surface area contributed by atoms with E-state index < -0.39 is 6.10 Å². The molecule has 0 saturated carbocycles. The highest BCUT2D eigenvalue weighted by molar-refractivity contribution is 5.83. The highest BCUT2D eigenvalue weighted by atomic mass is 16.3. The summed E-state index contributed by atoms with van der Waals surface area (Å²) in [5.41, 5.74) is 0. The van der Waals surface area contributed by atoms with Crippen molar-refractivity contribution in [3.8, 4) is 0 Å². The second kappa shape index (κ2) is 7.09. The molecule has 0 aromatic rings. The van der Waals surface area contributed by atoms with Gasteiger partial charge in [-0.15, -0.1) is 0 Å². The standard InChI is InChI=1S/C14H26N4O3/c1-3-16(4-2)14(21)18-7-5-17(6-8-18)13(20)12-9-11(19)10-15-12/h11-12,15,19H,3-10H2,1-2H3. The molecule has 21 heavy (non-hydrogen) atoms. The lowest BCUT2D eigenvalue weighted by atomic mass is 10.1. The predicted octanol–water partition coefficient (Wildman–Crippen LogP) is -0.685. The second-order valence-corrected chi connectivity index (χ2v) is 5.62. The molecule has 0 bridgehead atoms. The normalized spacial score (nSPS) is 26.0. The third-order valence-electron chi connectivity index (χ3n) is 4.30. The lowest BCUT2D eigenvalue weighted by molar-refractivity contribution is -0.134. The van der Waals surface area contributed by atoms with Crippen LogP contribution >= 0.6 is 0 Å². The summed E-state index contributed by atoms with van der Waals surface area (Å²) in [5.74, 6) is 0.0430. The topological polar surface area (TPSA) is 76.1 Å². The number of carbonyl (C=O) groups excluding carboxylic acids is 2. The molecule has 0 aromatic carbocycles. The van der Waals surface area contributed by atoms with Gasteiger partial charge < -0.3 is 25.1 Å². The molecule has 2 rings (SSSR count). The summed E-state index contributed by atoms with van der Waals surface area (Å²) >= 11 is 0. The van der Waals surface area contributed by atoms with Crippen LogP contribution in [-0.4, -0.2) is 89.7 Å². The molecular weight excluding hydrogens is 272 g/mol. The minimum Gasteiger partial charge on any atom is -0.392 e. The van der Waals surface area contributed by atoms with Crippen LogP contribution in [0.1, 0.15) is 20.3 Å². The molecule has 2 aliphatic rings. The quantitative estimate of drug-likeness (QED) is 0.723. The highest BCUT2D eigenvalue weighted by Gasteiger charge is 2.33. The lowest BCUT2D eigenvalue weighted by Crippen LogP contribution is -2.56. The molecule has 2 aliphatic heterocycles. The molecule has 7 heteroatoms. The molecule has 0 spiro atoms. The maximum Gasteiger partial charge on any atom is 0.320 e. The Balaban J connectivity index is 1.83. The molecule has 2 N–H and O–H groups in total. The first kappa shape index (κ1) is 16.0. The summed E-state index contributed by atoms with van der Waals surface area (Å²) in [6.07, 6.45) is 0.0572. The first-order chi connectivity index (χ1) is 10.1. The zero-order valence-electron chi connectivity index (χ0n) is 12.9. The SMILES string of the molecule is CCN(CC)C(=O)N1CCN(C(=O)C2CC(O)CN2)CC1. The number of hydrogen-bond donors (Lipinski definition) is 2. The molecule has 3 amide bonds. The Bertz CT molecular complexity index is 378. The number of nitrogens with one attached hydrogen (secondary N) is 1. The third kappa shape index (κ3) is 3.65. The summed E-state index contributed by atoms with van der Waals surface area (Å²) < 4.78 is 0. The van der Waals surface area contributed by atoms with E-state index in [0.717, 1.165) is 0 Å². The van der Waals surface area contributed by atoms with Gasteiger partial charge >= 0.3 is 6.03 Å². The largest absolute Gasteiger partial charge is 0.392 e. The van der Waals surface area contributed by atoms with Crippen molar-refractivity contribution in [1.29, 1.82) is 0 Å². The fraction of sp³-hybridized carbons (Fsp3) is 0.857. The minimum atomic E-state index is -0.426. The smallest absolute Gasteiger partial charge is 0.320 e. The molecule has 0 radical (unpaired) electrons. The Labute approximate surface area is 125 Å². The van der Waals surface area contributed by atoms with Gasteiger partial charge in [0.2, 0.25) is 5.91 Å². The number of aliphatic hydroxyl groups excluding tert-OH is 1. The van der Waals surface area contributed by atoms with Crippen LogP contribution in [0.2, 0.25) is 0 Å². The van der Waals surface area contributed by atoms with Gasteiger partial charge in [-0.3, -0.25) is 4.79 Å². The van der Waals surface area contributed by atoms with E-state index in [1.807, 2.05) is 18.7 Å². The fourth-order valence-electron chi connectivity index (χ4n) is 2.94. The summed E-state index contributed by atoms with van der Waals surface area (Å²) in [4.78, 5) is 30.0. The molecule has 0 aromatic heterocycles. The van der Waals surface area contributed by atoms with Crippen LogP contribution in [-0.2, 0) is 4.79 Å². The van der Waals surface area contributed by atoms with Crippen molar-refractivity contribution in [1.82, 2.24) is 20.0 Å². The Morgan fingerprint density at radius 3 is 2.19 bits per heavy atom. The van der Waals surface area contributed by atoms with E-state index in [1.54, 1.807) is 9.80 Å². The van der Waals surface area contributed by atoms with Crippen LogP contribution < -0.4 is 5.32 Å². The van der Waals surface area contributed by atoms with Crippen molar-refractivity contribution in [2.24, 2.45) is 0 Å². The van der Waals surface area contributed by atoms with Crippen LogP contribution in [0.15, 0.2) is 0 Å². The van der Waals surface area contributed by atoms with Gasteiger partial charge in [0.15, 0.2) is 0 Å². The summed E-state index contributed by atoms with van der Waals surface area (Å²) in [5, 5.41) is 12.5. The van der Waals surface area contributed by atoms with E-state index in [4.69, 9.17) is 0 Å². The van der Waals surface area contributed by atoms with Crippen LogP contribution in [0, 0.1) is 0 Å². The van der Waals surface area contributed by atoms with E-state index in [0.29, 0.717) is 52.2 Å². The van der Waals surface area contributed by atoms with E-state index in [1.165, 1.54) is 0 Å². The number of nitrogens with zero attached hydrogens (tertiary/aromatic N) is 3. The molecule has 2 unspecified atom stereocenters. The highest BCUT2D eigenvalue weighted by Crippen LogP contribution is 2.12. The summed E-state index contributed by atoms with van der Waals surface area (Å²) in [7, 11) is 0. The zero-order chi connectivity index (χ0) is 15.4. The summed E-state index contributed by atoms with van der Waals surface area (Å²) in [6.45, 7) is 8.14. The van der Waals surface area contributed by atoms with Gasteiger partial charge in [-0.05, 0) is 20.3 Å². The number of hydrogen-bond acceptors (Lipinski definition) is 4. The van der Waals surface area contributed by atoms with Crippen molar-refractivity contribution in [2.75, 3.05) is 45.8 Å². The molecule has 2 heterocycles. The Hall–Kier alpha value is -1.34. The number of β-amino-alcohol motifs (C(OH)–C–C–N with tert-alkyl or cyclic N) is 1. The fourth-order valence-corrected chi connectivity index (χ4v) is 2.94. The van der Waals surface area contributed by atoms with Crippen LogP contribution in [0.5, 0.6) is 0 Å². The Morgan fingerprint density at radius 1 is 1.14 bits per heavy atom. The van der Waals surface area contributed by atoms with E-state index in [9.17, 15) is 14.7 Å². The maximum absolute atomic E-state index is 12.3. The number of aliphatic hydroxyl groups is 1. The van der Waals surface area contributed by atoms with Crippen LogP contribution in [0.4, 0.5) is 4.79 Å². The monoisotopic (exact) mass is 298 g/mol. The molecule has 2 atom stereocenters. The zero-order valence-corrected chi connectivity index (χ0v) is 12.9. The number of rotatable bonds is 3. The van der Waals surface area contributed by atoms with Gasteiger partial charge in [-0.25, -0.2) is 4.79 Å². The minimum absolute atomic E-state index is 0.0430. The third-order valence-corrected chi connectivity index (χ3v) is 4.30. The number of amides is 3. The van der Waals surface area contributed by atoms with E-state index in [2.05, 4.69) is 5.32 Å². The number of piperazine rings is 1. The van der Waals surface area contributed by atoms with Crippen molar-refractivity contribution >= 4 is 11.9 Å². The van der Waals surface area contributed by atoms with Gasteiger partial charge in [-0.1, -0.05) is 0 Å². The average molecular weight is 298 g/mol. The summed E-state index contributed by atoms with van der Waals surface area (Å²) in [6, 6.07) is -0.216. The molecule has 2 fully saturated rings. The number of urea groups is 1. The van der Waals surface area contributed by atoms with Gasteiger partial charge in [0.05, 0.1) is 12.1 Å². The average Bonchev–Trinajstić information content (AvgIpc) is 2.94. The van der Waals surface area contributed by atoms with Gasteiger partial charge in [-0.2, -0.15) is 0 Å². The predicted molar refractivity (Wildman–Crippen MR) is 78.9 cm³/mol. The molecule has 0 aliphatic carbocycles. The Kier molecular flexibility index (Phi) is 5.41. The van der Waals surface area contributed by atoms with Crippen molar-refractivity contribution < 1.29 is 14.7 Å². The van der Waals surface area contributed by atoms with Crippen molar-refractivity contribution in [3.05, 3.63) is 0 Å². The van der Waals surface area contributed by atoms with Gasteiger partial charge in [0.25, 0.3) is 0 Å². The Morgan fingerprint density at radius 2 is 1.71 bits per heavy atom.